The Balaban J connectivity index is 1.58. The van der Waals surface area contributed by atoms with E-state index in [1.807, 2.05) is 12.1 Å². The van der Waals surface area contributed by atoms with Gasteiger partial charge < -0.3 is 4.74 Å². The molecule has 25 heavy (non-hydrogen) atoms. The lowest BCUT2D eigenvalue weighted by molar-refractivity contribution is 0.0470. The number of hydrogen-bond donors (Lipinski definition) is 0. The fraction of sp³-hybridized carbons (Fsp3) is 0.333. The molecule has 3 nitrogen and oxygen atoms in total. The molecule has 130 valence electrons. The van der Waals surface area contributed by atoms with Crippen LogP contribution in [0, 0.1) is 5.82 Å². The number of ketones is 1. The lowest BCUT2D eigenvalue weighted by Gasteiger charge is -2.22. The highest BCUT2D eigenvalue weighted by Gasteiger charge is 2.17. The van der Waals surface area contributed by atoms with Gasteiger partial charge in [-0.05, 0) is 36.5 Å². The summed E-state index contributed by atoms with van der Waals surface area (Å²) in [5, 5.41) is 0. The van der Waals surface area contributed by atoms with Crippen molar-refractivity contribution in [2.75, 3.05) is 6.61 Å². The van der Waals surface area contributed by atoms with Crippen LogP contribution in [-0.2, 0) is 4.74 Å². The van der Waals surface area contributed by atoms with E-state index >= 15 is 0 Å². The molecule has 1 saturated carbocycles. The zero-order chi connectivity index (χ0) is 17.6. The molecule has 0 aromatic heterocycles. The minimum absolute atomic E-state index is 0.164. The highest BCUT2D eigenvalue weighted by molar-refractivity contribution is 5.99. The van der Waals surface area contributed by atoms with Crippen molar-refractivity contribution in [1.29, 1.82) is 0 Å². The van der Waals surface area contributed by atoms with E-state index in [1.165, 1.54) is 55.9 Å². The maximum Gasteiger partial charge on any atom is 0.341 e. The molecule has 1 aliphatic rings. The molecule has 0 radical (unpaired) electrons. The Morgan fingerprint density at radius 2 is 1.64 bits per heavy atom. The molecule has 1 aliphatic carbocycles. The molecular weight excluding hydrogens is 319 g/mol. The standard InChI is InChI=1S/C21H21FO3/c22-19-9-5-4-8-18(19)21(24)25-14-20(23)17-12-10-16(11-13-17)15-6-2-1-3-7-15/h4-5,8-13,15H,1-3,6-7,14H2. The van der Waals surface area contributed by atoms with Gasteiger partial charge in [-0.25, -0.2) is 9.18 Å². The van der Waals surface area contributed by atoms with Gasteiger partial charge in [-0.1, -0.05) is 55.7 Å². The minimum atomic E-state index is -0.828. The first kappa shape index (κ1) is 17.3. The van der Waals surface area contributed by atoms with Gasteiger partial charge in [0.15, 0.2) is 12.4 Å². The SMILES string of the molecule is O=C(COC(=O)c1ccccc1F)c1ccc(C2CCCCC2)cc1. The second-order valence-electron chi connectivity index (χ2n) is 6.44. The van der Waals surface area contributed by atoms with Gasteiger partial charge in [-0.3, -0.25) is 4.79 Å². The van der Waals surface area contributed by atoms with Crippen molar-refractivity contribution in [2.24, 2.45) is 0 Å². The molecule has 3 rings (SSSR count). The molecule has 0 aliphatic heterocycles. The molecule has 0 saturated heterocycles. The van der Waals surface area contributed by atoms with E-state index in [9.17, 15) is 14.0 Å². The first-order chi connectivity index (χ1) is 12.1. The number of carbonyl (C=O) groups excluding carboxylic acids is 2. The molecule has 0 unspecified atom stereocenters. The topological polar surface area (TPSA) is 43.4 Å². The second-order valence-corrected chi connectivity index (χ2v) is 6.44. The van der Waals surface area contributed by atoms with Crippen LogP contribution in [0.5, 0.6) is 0 Å². The summed E-state index contributed by atoms with van der Waals surface area (Å²) in [4.78, 5) is 24.0. The Bertz CT molecular complexity index is 746. The molecule has 0 heterocycles. The van der Waals surface area contributed by atoms with Gasteiger partial charge in [0.05, 0.1) is 5.56 Å². The van der Waals surface area contributed by atoms with Crippen molar-refractivity contribution in [1.82, 2.24) is 0 Å². The van der Waals surface area contributed by atoms with Crippen LogP contribution < -0.4 is 0 Å². The number of benzene rings is 2. The Hall–Kier alpha value is -2.49. The average molecular weight is 340 g/mol. The molecule has 1 fully saturated rings. The number of hydrogen-bond acceptors (Lipinski definition) is 3. The largest absolute Gasteiger partial charge is 0.454 e. The van der Waals surface area contributed by atoms with Crippen molar-refractivity contribution in [2.45, 2.75) is 38.0 Å². The molecule has 0 N–H and O–H groups in total. The number of Topliss-reactive ketones (excluding diaryl/α,β-unsaturated/α-hetero) is 1. The third-order valence-corrected chi connectivity index (χ3v) is 4.74. The molecule has 2 aromatic carbocycles. The third-order valence-electron chi connectivity index (χ3n) is 4.74. The fourth-order valence-corrected chi connectivity index (χ4v) is 3.30. The summed E-state index contributed by atoms with van der Waals surface area (Å²) >= 11 is 0. The minimum Gasteiger partial charge on any atom is -0.454 e. The van der Waals surface area contributed by atoms with Gasteiger partial charge in [0.2, 0.25) is 0 Å². The van der Waals surface area contributed by atoms with Crippen LogP contribution in [0.1, 0.15) is 64.3 Å². The van der Waals surface area contributed by atoms with Gasteiger partial charge in [0.1, 0.15) is 5.82 Å². The van der Waals surface area contributed by atoms with Gasteiger partial charge in [0, 0.05) is 5.56 Å². The molecule has 0 atom stereocenters. The van der Waals surface area contributed by atoms with Crippen LogP contribution in [0.4, 0.5) is 4.39 Å². The maximum atomic E-state index is 13.5. The number of carbonyl (C=O) groups is 2. The van der Waals surface area contributed by atoms with Crippen molar-refractivity contribution in [3.63, 3.8) is 0 Å². The summed E-state index contributed by atoms with van der Waals surface area (Å²) in [6, 6.07) is 13.1. The Labute approximate surface area is 146 Å². The highest BCUT2D eigenvalue weighted by Crippen LogP contribution is 2.32. The summed E-state index contributed by atoms with van der Waals surface area (Å²) in [5.74, 6) is -1.20. The van der Waals surface area contributed by atoms with Crippen LogP contribution in [-0.4, -0.2) is 18.4 Å². The van der Waals surface area contributed by atoms with Crippen molar-refractivity contribution >= 4 is 11.8 Å². The van der Waals surface area contributed by atoms with Gasteiger partial charge in [-0.15, -0.1) is 0 Å². The van der Waals surface area contributed by atoms with Crippen LogP contribution in [0.2, 0.25) is 0 Å². The molecular formula is C21H21FO3. The van der Waals surface area contributed by atoms with Crippen LogP contribution in [0.15, 0.2) is 48.5 Å². The van der Waals surface area contributed by atoms with E-state index in [-0.39, 0.29) is 11.3 Å². The lowest BCUT2D eigenvalue weighted by Crippen LogP contribution is -2.15. The van der Waals surface area contributed by atoms with Crippen LogP contribution in [0.25, 0.3) is 0 Å². The predicted molar refractivity (Wildman–Crippen MR) is 93.3 cm³/mol. The van der Waals surface area contributed by atoms with E-state index in [0.717, 1.165) is 0 Å². The van der Waals surface area contributed by atoms with E-state index in [4.69, 9.17) is 4.74 Å². The first-order valence-corrected chi connectivity index (χ1v) is 8.70. The molecule has 0 bridgehead atoms. The Morgan fingerprint density at radius 1 is 0.960 bits per heavy atom. The van der Waals surface area contributed by atoms with E-state index in [1.54, 1.807) is 18.2 Å². The number of ether oxygens (including phenoxy) is 1. The molecule has 0 amide bonds. The average Bonchev–Trinajstić information content (AvgIpc) is 2.67. The number of rotatable bonds is 5. The first-order valence-electron chi connectivity index (χ1n) is 8.70. The van der Waals surface area contributed by atoms with Gasteiger partial charge >= 0.3 is 5.97 Å². The van der Waals surface area contributed by atoms with Crippen molar-refractivity contribution in [3.05, 3.63) is 71.0 Å². The highest BCUT2D eigenvalue weighted by atomic mass is 19.1. The number of esters is 1. The number of halogens is 1. The van der Waals surface area contributed by atoms with Crippen LogP contribution >= 0.6 is 0 Å². The normalized spacial score (nSPS) is 14.9. The van der Waals surface area contributed by atoms with Gasteiger partial charge in [-0.2, -0.15) is 0 Å². The van der Waals surface area contributed by atoms with E-state index < -0.39 is 18.4 Å². The molecule has 4 heteroatoms. The summed E-state index contributed by atoms with van der Waals surface area (Å²) in [6.45, 7) is -0.393. The van der Waals surface area contributed by atoms with Crippen molar-refractivity contribution < 1.29 is 18.7 Å². The maximum absolute atomic E-state index is 13.5. The summed E-state index contributed by atoms with van der Waals surface area (Å²) < 4.78 is 18.5. The zero-order valence-corrected chi connectivity index (χ0v) is 14.0. The summed E-state index contributed by atoms with van der Waals surface area (Å²) in [6.07, 6.45) is 6.23. The van der Waals surface area contributed by atoms with Crippen LogP contribution in [0.3, 0.4) is 0 Å². The second kappa shape index (κ2) is 8.06. The summed E-state index contributed by atoms with van der Waals surface area (Å²) in [7, 11) is 0. The monoisotopic (exact) mass is 340 g/mol. The predicted octanol–water partition coefficient (Wildman–Crippen LogP) is 4.91. The third kappa shape index (κ3) is 4.32. The van der Waals surface area contributed by atoms with E-state index in [2.05, 4.69) is 0 Å². The lowest BCUT2D eigenvalue weighted by atomic mass is 9.84. The van der Waals surface area contributed by atoms with Gasteiger partial charge in [0.25, 0.3) is 0 Å². The Morgan fingerprint density at radius 3 is 2.32 bits per heavy atom. The van der Waals surface area contributed by atoms with Crippen molar-refractivity contribution in [3.8, 4) is 0 Å². The zero-order valence-electron chi connectivity index (χ0n) is 14.0. The molecule has 0 spiro atoms. The van der Waals surface area contributed by atoms with E-state index in [0.29, 0.717) is 11.5 Å². The smallest absolute Gasteiger partial charge is 0.341 e. The molecule has 2 aromatic rings. The summed E-state index contributed by atoms with van der Waals surface area (Å²) in [5.41, 5.74) is 1.60. The quantitative estimate of drug-likeness (QED) is 0.573. The Kier molecular flexibility index (Phi) is 5.59. The fourth-order valence-electron chi connectivity index (χ4n) is 3.30.